The van der Waals surface area contributed by atoms with Crippen LogP contribution in [0.3, 0.4) is 0 Å². The molecule has 12 atom stereocenters. The number of rotatable bonds is 5. The summed E-state index contributed by atoms with van der Waals surface area (Å²) in [6, 6.07) is 8.94. The van der Waals surface area contributed by atoms with Crippen molar-refractivity contribution < 1.29 is 43.5 Å². The Morgan fingerprint density at radius 2 is 1.44 bits per heavy atom. The first kappa shape index (κ1) is 37.0. The molecule has 5 aliphatic rings. The summed E-state index contributed by atoms with van der Waals surface area (Å²) in [7, 11) is 0. The monoisotopic (exact) mass is 694 g/mol. The van der Waals surface area contributed by atoms with Crippen LogP contribution in [0.25, 0.3) is 0 Å². The number of esters is 3. The molecule has 0 radical (unpaired) electrons. The van der Waals surface area contributed by atoms with E-state index in [-0.39, 0.29) is 41.0 Å². The summed E-state index contributed by atoms with van der Waals surface area (Å²) in [6.45, 7) is 18.1. The molecule has 0 amide bonds. The van der Waals surface area contributed by atoms with Gasteiger partial charge in [-0.1, -0.05) is 64.5 Å². The lowest BCUT2D eigenvalue weighted by atomic mass is 9.36. The number of carbonyl (C=O) groups excluding carboxylic acids is 3. The summed E-state index contributed by atoms with van der Waals surface area (Å²) in [5.41, 5.74) is -0.996. The zero-order valence-corrected chi connectivity index (χ0v) is 31.4. The highest BCUT2D eigenvalue weighted by atomic mass is 16.6. The van der Waals surface area contributed by atoms with Crippen LogP contribution in [-0.2, 0) is 28.5 Å². The Hall–Kier alpha value is -2.75. The maximum Gasteiger partial charge on any atom is 0.338 e. The third-order valence-electron chi connectivity index (χ3n) is 14.5. The van der Waals surface area contributed by atoms with E-state index in [0.29, 0.717) is 31.4 Å². The van der Waals surface area contributed by atoms with Crippen LogP contribution < -0.4 is 0 Å². The smallest absolute Gasteiger partial charge is 0.338 e. The largest absolute Gasteiger partial charge is 0.462 e. The second kappa shape index (κ2) is 12.7. The first-order valence-electron chi connectivity index (χ1n) is 18.6. The van der Waals surface area contributed by atoms with Gasteiger partial charge in [0, 0.05) is 36.5 Å². The summed E-state index contributed by atoms with van der Waals surface area (Å²) in [5.74, 6) is -1.04. The highest BCUT2D eigenvalue weighted by molar-refractivity contribution is 5.89. The lowest BCUT2D eigenvalue weighted by Crippen LogP contribution is -2.70. The Labute approximate surface area is 297 Å². The summed E-state index contributed by atoms with van der Waals surface area (Å²) < 4.78 is 25.2. The van der Waals surface area contributed by atoms with E-state index in [1.807, 2.05) is 19.9 Å². The molecule has 9 nitrogen and oxygen atoms in total. The topological polar surface area (TPSA) is 129 Å². The van der Waals surface area contributed by atoms with Gasteiger partial charge in [-0.3, -0.25) is 9.59 Å². The van der Waals surface area contributed by atoms with E-state index in [1.165, 1.54) is 19.4 Å². The van der Waals surface area contributed by atoms with E-state index in [4.69, 9.17) is 18.9 Å². The van der Waals surface area contributed by atoms with Crippen molar-refractivity contribution in [1.82, 2.24) is 0 Å². The highest BCUT2D eigenvalue weighted by Crippen LogP contribution is 2.74. The fraction of sp³-hybridized carbons (Fsp3) is 0.732. The SMILES string of the molecule is CC(=O)O[C@H]1C[C@@H](OC(=O)c2ccccc2)C(C)(C)[C@@H]2C[C@@H](OC(C)=O)[C@@]3(C)C4=CC[C@@H](C5COC(C)(C)[C@@H](O)[C@H](O)C5)[C@]4(C)CC[C@@H]3[C@]12C. The molecule has 6 rings (SSSR count). The zero-order chi connectivity index (χ0) is 36.6. The van der Waals surface area contributed by atoms with Gasteiger partial charge in [0.05, 0.1) is 23.9 Å². The van der Waals surface area contributed by atoms with Crippen LogP contribution in [-0.4, -0.2) is 70.8 Å². The Balaban J connectivity index is 1.39. The molecule has 1 heterocycles. The van der Waals surface area contributed by atoms with Gasteiger partial charge in [0.2, 0.25) is 0 Å². The second-order valence-corrected chi connectivity index (χ2v) is 17.8. The standard InChI is InChI=1S/C41H58O9/c1-23(42)48-33-20-31-37(3,4)32(50-36(46)25-13-11-10-12-14-25)21-34(49-24(2)43)41(31,9)30-17-18-39(7)27(15-16-29(39)40(30,33)8)26-19-28(44)35(45)38(5,6)47-22-26/h10-14,16,26-28,30-35,44-45H,15,17-22H2,1-9H3/t26?,27-,28+,30-,31-,32+,33+,34-,35-,39-,40-,41-/m0/s1. The summed E-state index contributed by atoms with van der Waals surface area (Å²) in [6.07, 6.45) is 2.81. The average molecular weight is 695 g/mol. The van der Waals surface area contributed by atoms with E-state index in [1.54, 1.807) is 24.3 Å². The van der Waals surface area contributed by atoms with E-state index in [9.17, 15) is 24.6 Å². The molecular formula is C41H58O9. The van der Waals surface area contributed by atoms with Gasteiger partial charge in [0.25, 0.3) is 0 Å². The first-order chi connectivity index (χ1) is 23.3. The molecule has 0 spiro atoms. The molecule has 4 fully saturated rings. The Morgan fingerprint density at radius 3 is 2.08 bits per heavy atom. The van der Waals surface area contributed by atoms with Gasteiger partial charge in [-0.25, -0.2) is 4.79 Å². The minimum Gasteiger partial charge on any atom is -0.462 e. The van der Waals surface area contributed by atoms with Gasteiger partial charge in [0.15, 0.2) is 0 Å². The van der Waals surface area contributed by atoms with Crippen molar-refractivity contribution in [2.45, 2.75) is 137 Å². The van der Waals surface area contributed by atoms with Crippen molar-refractivity contribution in [1.29, 1.82) is 0 Å². The van der Waals surface area contributed by atoms with E-state index < -0.39 is 58.3 Å². The van der Waals surface area contributed by atoms with Gasteiger partial charge < -0.3 is 29.2 Å². The van der Waals surface area contributed by atoms with Gasteiger partial charge in [-0.2, -0.15) is 0 Å². The maximum atomic E-state index is 13.4. The van der Waals surface area contributed by atoms with E-state index in [2.05, 4.69) is 40.7 Å². The molecule has 1 unspecified atom stereocenters. The maximum absolute atomic E-state index is 13.4. The van der Waals surface area contributed by atoms with Crippen LogP contribution >= 0.6 is 0 Å². The van der Waals surface area contributed by atoms with Gasteiger partial charge >= 0.3 is 17.9 Å². The fourth-order valence-electron chi connectivity index (χ4n) is 12.0. The number of allylic oxidation sites excluding steroid dienone is 1. The quantitative estimate of drug-likeness (QED) is 0.203. The second-order valence-electron chi connectivity index (χ2n) is 17.8. The lowest BCUT2D eigenvalue weighted by Gasteiger charge is -2.70. The van der Waals surface area contributed by atoms with Crippen molar-refractivity contribution in [2.24, 2.45) is 45.3 Å². The van der Waals surface area contributed by atoms with E-state index >= 15 is 0 Å². The van der Waals surface area contributed by atoms with Gasteiger partial charge in [-0.05, 0) is 87.2 Å². The first-order valence-corrected chi connectivity index (χ1v) is 18.6. The molecule has 276 valence electrons. The molecular weight excluding hydrogens is 636 g/mol. The fourth-order valence-corrected chi connectivity index (χ4v) is 12.0. The van der Waals surface area contributed by atoms with Crippen molar-refractivity contribution in [3.8, 4) is 0 Å². The Kier molecular flexibility index (Phi) is 9.43. The van der Waals surface area contributed by atoms with Crippen molar-refractivity contribution in [2.75, 3.05) is 6.61 Å². The number of benzene rings is 1. The molecule has 4 aliphatic carbocycles. The average Bonchev–Trinajstić information content (AvgIpc) is 3.35. The summed E-state index contributed by atoms with van der Waals surface area (Å²) in [4.78, 5) is 39.1. The summed E-state index contributed by atoms with van der Waals surface area (Å²) in [5, 5.41) is 21.9. The predicted octanol–water partition coefficient (Wildman–Crippen LogP) is 6.44. The molecule has 1 aliphatic heterocycles. The number of aliphatic hydroxyl groups excluding tert-OH is 2. The lowest BCUT2D eigenvalue weighted by molar-refractivity contribution is -0.259. The number of aliphatic hydroxyl groups is 2. The molecule has 0 bridgehead atoms. The minimum absolute atomic E-state index is 0.0118. The van der Waals surface area contributed by atoms with Crippen LogP contribution in [0.1, 0.15) is 111 Å². The Morgan fingerprint density at radius 1 is 0.800 bits per heavy atom. The molecule has 9 heteroatoms. The molecule has 1 aromatic rings. The zero-order valence-electron chi connectivity index (χ0n) is 31.4. The van der Waals surface area contributed by atoms with Crippen molar-refractivity contribution >= 4 is 17.9 Å². The number of fused-ring (bicyclic) bond motifs is 5. The van der Waals surface area contributed by atoms with Crippen LogP contribution in [0.5, 0.6) is 0 Å². The summed E-state index contributed by atoms with van der Waals surface area (Å²) >= 11 is 0. The molecule has 1 aromatic carbocycles. The number of carbonyl (C=O) groups is 3. The van der Waals surface area contributed by atoms with E-state index in [0.717, 1.165) is 19.3 Å². The molecule has 50 heavy (non-hydrogen) atoms. The van der Waals surface area contributed by atoms with Crippen LogP contribution in [0, 0.1) is 45.3 Å². The number of hydrogen-bond acceptors (Lipinski definition) is 9. The van der Waals surface area contributed by atoms with Gasteiger partial charge in [-0.15, -0.1) is 0 Å². The number of hydrogen-bond donors (Lipinski definition) is 2. The van der Waals surface area contributed by atoms with Crippen LogP contribution in [0.4, 0.5) is 0 Å². The molecule has 2 N–H and O–H groups in total. The molecule has 1 saturated heterocycles. The normalized spacial score (nSPS) is 43.2. The van der Waals surface area contributed by atoms with Gasteiger partial charge in [0.1, 0.15) is 24.4 Å². The molecule has 0 aromatic heterocycles. The van der Waals surface area contributed by atoms with Crippen molar-refractivity contribution in [3.05, 3.63) is 47.5 Å². The van der Waals surface area contributed by atoms with Crippen molar-refractivity contribution in [3.63, 3.8) is 0 Å². The van der Waals surface area contributed by atoms with Crippen LogP contribution in [0.15, 0.2) is 42.0 Å². The number of ether oxygens (including phenoxy) is 4. The molecule has 3 saturated carbocycles. The third-order valence-corrected chi connectivity index (χ3v) is 14.5. The highest BCUT2D eigenvalue weighted by Gasteiger charge is 2.72. The predicted molar refractivity (Wildman–Crippen MR) is 187 cm³/mol. The minimum atomic E-state index is -0.977. The third kappa shape index (κ3) is 5.74. The Bertz CT molecular complexity index is 1520. The van der Waals surface area contributed by atoms with Crippen LogP contribution in [0.2, 0.25) is 0 Å².